The maximum Gasteiger partial charge on any atom is 0.352 e. The molecule has 2 aliphatic heterocycles. The van der Waals surface area contributed by atoms with Crippen molar-refractivity contribution < 1.29 is 38.8 Å². The minimum absolute atomic E-state index is 0.0209. The van der Waals surface area contributed by atoms with Gasteiger partial charge >= 0.3 is 11.9 Å². The van der Waals surface area contributed by atoms with Gasteiger partial charge in [0.05, 0.1) is 0 Å². The van der Waals surface area contributed by atoms with E-state index in [1.165, 1.54) is 24.0 Å². The minimum atomic E-state index is -1.33. The molecule has 0 saturated carbocycles. The highest BCUT2D eigenvalue weighted by molar-refractivity contribution is 8.00. The molecular weight excluding hydrogens is 494 g/mol. The molecule has 0 aromatic carbocycles. The van der Waals surface area contributed by atoms with E-state index in [0.717, 1.165) is 4.90 Å². The summed E-state index contributed by atoms with van der Waals surface area (Å²) in [6.07, 6.45) is 4.84. The number of carboxylic acid groups (broad SMARTS) is 2. The Morgan fingerprint density at radius 1 is 1.28 bits per heavy atom. The predicted molar refractivity (Wildman–Crippen MR) is 123 cm³/mol. The number of nitrogens with zero attached hydrogens (tertiary/aromatic N) is 5. The normalized spacial score (nSPS) is 19.3. The van der Waals surface area contributed by atoms with E-state index < -0.39 is 47.5 Å². The second-order valence-electron chi connectivity index (χ2n) is 7.58. The lowest BCUT2D eigenvalue weighted by atomic mass is 10.0. The average Bonchev–Trinajstić information content (AvgIpc) is 2.85. The fourth-order valence-corrected chi connectivity index (χ4v) is 4.93. The van der Waals surface area contributed by atoms with E-state index in [4.69, 9.17) is 10.8 Å². The summed E-state index contributed by atoms with van der Waals surface area (Å²) in [6.45, 7) is -0.545. The summed E-state index contributed by atoms with van der Waals surface area (Å²) in [6, 6.07) is 5.76. The molecule has 4 heterocycles. The van der Waals surface area contributed by atoms with Crippen molar-refractivity contribution in [3.8, 4) is 0 Å². The number of nitrogen functional groups attached to an aromatic ring is 1. The fourth-order valence-electron chi connectivity index (χ4n) is 3.60. The van der Waals surface area contributed by atoms with Crippen molar-refractivity contribution in [2.24, 2.45) is 5.16 Å². The lowest BCUT2D eigenvalue weighted by Crippen LogP contribution is -2.71. The van der Waals surface area contributed by atoms with Crippen LogP contribution in [-0.2, 0) is 30.6 Å². The molecule has 4 rings (SSSR count). The average molecular weight is 515 g/mol. The number of carboxylic acids is 2. The molecule has 2 aliphatic rings. The number of amides is 2. The van der Waals surface area contributed by atoms with Crippen LogP contribution >= 0.6 is 11.8 Å². The highest BCUT2D eigenvalue weighted by Crippen LogP contribution is 2.40. The number of pyridine rings is 1. The van der Waals surface area contributed by atoms with Gasteiger partial charge < -0.3 is 26.1 Å². The summed E-state index contributed by atoms with van der Waals surface area (Å²) in [5, 5.41) is 23.9. The van der Waals surface area contributed by atoms with Crippen LogP contribution in [0.25, 0.3) is 0 Å². The predicted octanol–water partition coefficient (Wildman–Crippen LogP) is -1.41. The van der Waals surface area contributed by atoms with Gasteiger partial charge in [-0.2, -0.15) is 0 Å². The molecule has 14 nitrogen and oxygen atoms in total. The second-order valence-corrected chi connectivity index (χ2v) is 8.68. The molecule has 1 unspecified atom stereocenters. The van der Waals surface area contributed by atoms with E-state index in [0.29, 0.717) is 11.3 Å². The second kappa shape index (κ2) is 10.4. The van der Waals surface area contributed by atoms with E-state index in [-0.39, 0.29) is 23.9 Å². The third kappa shape index (κ3) is 5.10. The van der Waals surface area contributed by atoms with E-state index in [1.807, 2.05) is 18.2 Å². The van der Waals surface area contributed by atoms with Gasteiger partial charge in [-0.25, -0.2) is 24.1 Å². The van der Waals surface area contributed by atoms with Crippen molar-refractivity contribution in [2.75, 3.05) is 18.1 Å². The number of hydrogen-bond acceptors (Lipinski definition) is 10. The number of carbonyl (C=O) groups is 4. The Kier molecular flexibility index (Phi) is 7.10. The number of nitrogens with one attached hydrogen (secondary N) is 1. The Labute approximate surface area is 207 Å². The van der Waals surface area contributed by atoms with Crippen molar-refractivity contribution in [3.05, 3.63) is 60.0 Å². The first-order chi connectivity index (χ1) is 17.3. The van der Waals surface area contributed by atoms with Gasteiger partial charge in [0, 0.05) is 29.7 Å². The van der Waals surface area contributed by atoms with Crippen LogP contribution in [-0.4, -0.2) is 78.3 Å². The Morgan fingerprint density at radius 2 is 2.03 bits per heavy atom. The van der Waals surface area contributed by atoms with Crippen LogP contribution in [0.3, 0.4) is 0 Å². The Hall–Kier alpha value is -4.53. The summed E-state index contributed by atoms with van der Waals surface area (Å²) >= 11 is 1.30. The lowest BCUT2D eigenvalue weighted by Gasteiger charge is -2.49. The lowest BCUT2D eigenvalue weighted by molar-refractivity contribution is -0.689. The molecule has 0 aliphatic carbocycles. The number of oxime groups is 1. The van der Waals surface area contributed by atoms with Crippen molar-refractivity contribution in [2.45, 2.75) is 18.0 Å². The number of nitrogens with two attached hydrogens (primary N) is 1. The minimum Gasteiger partial charge on any atom is -0.479 e. The van der Waals surface area contributed by atoms with Crippen LogP contribution in [0.2, 0.25) is 0 Å². The van der Waals surface area contributed by atoms with E-state index in [2.05, 4.69) is 25.3 Å². The number of carbonyl (C=O) groups excluding carboxylic acids is 2. The van der Waals surface area contributed by atoms with Gasteiger partial charge in [-0.1, -0.05) is 11.2 Å². The first-order valence-electron chi connectivity index (χ1n) is 10.4. The molecule has 36 heavy (non-hydrogen) atoms. The first-order valence-corrected chi connectivity index (χ1v) is 11.5. The SMILES string of the molecule is Nc1ccnc(C(=NOCC(=O)O)C(=O)NC2C(=O)N3C(C(=O)O)=C(C[n+]4ccccc4)CS[C@H]23)n1. The summed E-state index contributed by atoms with van der Waals surface area (Å²) in [4.78, 5) is 62.3. The van der Waals surface area contributed by atoms with Crippen LogP contribution in [0, 0.1) is 0 Å². The molecule has 0 spiro atoms. The molecule has 2 amide bonds. The quantitative estimate of drug-likeness (QED) is 0.133. The Morgan fingerprint density at radius 3 is 2.69 bits per heavy atom. The van der Waals surface area contributed by atoms with Crippen LogP contribution < -0.4 is 15.6 Å². The van der Waals surface area contributed by atoms with Crippen LogP contribution in [0.15, 0.2) is 59.3 Å². The highest BCUT2D eigenvalue weighted by atomic mass is 32.2. The Bertz CT molecular complexity index is 1280. The van der Waals surface area contributed by atoms with Crippen LogP contribution in [0.1, 0.15) is 5.82 Å². The van der Waals surface area contributed by atoms with Crippen molar-refractivity contribution in [3.63, 3.8) is 0 Å². The Balaban J connectivity index is 1.54. The number of thioether (sulfide) groups is 1. The van der Waals surface area contributed by atoms with Gasteiger partial charge in [0.15, 0.2) is 24.8 Å². The third-order valence-corrected chi connectivity index (χ3v) is 6.47. The largest absolute Gasteiger partial charge is 0.479 e. The van der Waals surface area contributed by atoms with Crippen molar-refractivity contribution >= 4 is 47.0 Å². The van der Waals surface area contributed by atoms with Crippen LogP contribution in [0.4, 0.5) is 5.82 Å². The molecule has 1 saturated heterocycles. The van der Waals surface area contributed by atoms with Gasteiger partial charge in [0.1, 0.15) is 22.9 Å². The zero-order chi connectivity index (χ0) is 25.8. The number of rotatable bonds is 9. The maximum absolute atomic E-state index is 13.0. The van der Waals surface area contributed by atoms with Gasteiger partial charge in [-0.15, -0.1) is 11.8 Å². The van der Waals surface area contributed by atoms with Crippen molar-refractivity contribution in [1.82, 2.24) is 20.2 Å². The molecule has 186 valence electrons. The zero-order valence-corrected chi connectivity index (χ0v) is 19.3. The van der Waals surface area contributed by atoms with Gasteiger partial charge in [-0.05, 0) is 6.07 Å². The summed E-state index contributed by atoms with van der Waals surface area (Å²) < 4.78 is 1.80. The number of fused-ring (bicyclic) bond motifs is 1. The number of aliphatic carboxylic acids is 2. The number of hydrogen-bond donors (Lipinski definition) is 4. The van der Waals surface area contributed by atoms with Gasteiger partial charge in [0.25, 0.3) is 11.8 Å². The molecule has 2 aromatic rings. The summed E-state index contributed by atoms with van der Waals surface area (Å²) in [5.74, 6) is -4.01. The smallest absolute Gasteiger partial charge is 0.352 e. The molecule has 15 heteroatoms. The number of aromatic nitrogens is 3. The zero-order valence-electron chi connectivity index (χ0n) is 18.5. The monoisotopic (exact) mass is 514 g/mol. The fraction of sp³-hybridized carbons (Fsp3) is 0.238. The molecule has 5 N–H and O–H groups in total. The molecule has 0 radical (unpaired) electrons. The van der Waals surface area contributed by atoms with Gasteiger partial charge in [0.2, 0.25) is 12.3 Å². The van der Waals surface area contributed by atoms with E-state index in [1.54, 1.807) is 17.0 Å². The maximum atomic E-state index is 13.0. The molecule has 2 atom stereocenters. The summed E-state index contributed by atoms with van der Waals surface area (Å²) in [7, 11) is 0. The highest BCUT2D eigenvalue weighted by Gasteiger charge is 2.54. The standard InChI is InChI=1S/C21H19N7O7S/c22-12-4-5-23-17(24-12)14(26-35-9-13(29)30)18(31)25-15-19(32)28-16(21(33)34)11(10-36-20(15)28)8-27-6-2-1-3-7-27/h1-7,15,20H,8-10H2,(H4-,22,23,24,25,29,30,31,33,34)/p+1/t15?,20-/m1/s1. The number of anilines is 1. The van der Waals surface area contributed by atoms with Crippen molar-refractivity contribution in [1.29, 1.82) is 0 Å². The molecule has 2 aromatic heterocycles. The summed E-state index contributed by atoms with van der Waals surface area (Å²) in [5.41, 5.74) is 5.57. The molecular formula is C21H20N7O7S+. The van der Waals surface area contributed by atoms with Crippen LogP contribution in [0.5, 0.6) is 0 Å². The molecule has 1 fully saturated rings. The van der Waals surface area contributed by atoms with E-state index >= 15 is 0 Å². The number of β-lactam (4-membered cyclic amide) rings is 1. The van der Waals surface area contributed by atoms with Gasteiger partial charge in [-0.3, -0.25) is 14.5 Å². The topological polar surface area (TPSA) is 201 Å². The first kappa shape index (κ1) is 24.6. The third-order valence-electron chi connectivity index (χ3n) is 5.14. The van der Waals surface area contributed by atoms with E-state index in [9.17, 15) is 24.3 Å². The molecule has 0 bridgehead atoms.